The van der Waals surface area contributed by atoms with Gasteiger partial charge in [-0.25, -0.2) is 4.98 Å². The van der Waals surface area contributed by atoms with Crippen LogP contribution in [0.1, 0.15) is 5.69 Å². The Kier molecular flexibility index (Phi) is 2.76. The molecule has 0 bridgehead atoms. The van der Waals surface area contributed by atoms with Crippen LogP contribution in [-0.4, -0.2) is 14.5 Å². The number of nitrogens with zero attached hydrogens (tertiary/aromatic N) is 3. The number of nitrogens with two attached hydrogens (primary N) is 1. The van der Waals surface area contributed by atoms with Gasteiger partial charge in [0.05, 0.1) is 5.69 Å². The molecule has 0 radical (unpaired) electrons. The van der Waals surface area contributed by atoms with Crippen LogP contribution in [0.2, 0.25) is 0 Å². The molecule has 1 aromatic carbocycles. The fourth-order valence-corrected chi connectivity index (χ4v) is 2.08. The van der Waals surface area contributed by atoms with Gasteiger partial charge in [0, 0.05) is 35.5 Å². The van der Waals surface area contributed by atoms with Crippen LogP contribution in [0, 0.1) is 6.92 Å². The monoisotopic (exact) mass is 250 g/mol. The van der Waals surface area contributed by atoms with Crippen LogP contribution in [0.5, 0.6) is 0 Å². The highest BCUT2D eigenvalue weighted by atomic mass is 15.1. The zero-order valence-corrected chi connectivity index (χ0v) is 10.6. The number of hydrogen-bond donors (Lipinski definition) is 1. The topological polar surface area (TPSA) is 56.7 Å². The van der Waals surface area contributed by atoms with E-state index in [1.165, 1.54) is 0 Å². The largest absolute Gasteiger partial charge is 0.399 e. The summed E-state index contributed by atoms with van der Waals surface area (Å²) in [5.41, 5.74) is 9.58. The van der Waals surface area contributed by atoms with Gasteiger partial charge in [-0.05, 0) is 31.2 Å². The Hall–Kier alpha value is -2.62. The summed E-state index contributed by atoms with van der Waals surface area (Å²) < 4.78 is 2.03. The van der Waals surface area contributed by atoms with E-state index in [1.807, 2.05) is 54.1 Å². The van der Waals surface area contributed by atoms with Gasteiger partial charge >= 0.3 is 0 Å². The molecular formula is C15H14N4. The van der Waals surface area contributed by atoms with Crippen molar-refractivity contribution in [3.05, 3.63) is 60.7 Å². The van der Waals surface area contributed by atoms with Gasteiger partial charge in [0.25, 0.3) is 0 Å². The molecule has 2 N–H and O–H groups in total. The smallest absolute Gasteiger partial charge is 0.144 e. The molecule has 3 aromatic rings. The fraction of sp³-hybridized carbons (Fsp3) is 0.0667. The molecule has 2 aromatic heterocycles. The zero-order valence-electron chi connectivity index (χ0n) is 10.6. The molecule has 0 aliphatic carbocycles. The Balaban J connectivity index is 2.13. The number of hydrogen-bond acceptors (Lipinski definition) is 3. The summed E-state index contributed by atoms with van der Waals surface area (Å²) in [5, 5.41) is 0. The van der Waals surface area contributed by atoms with Crippen molar-refractivity contribution in [2.45, 2.75) is 6.92 Å². The Bertz CT molecular complexity index is 655. The first kappa shape index (κ1) is 11.5. The summed E-state index contributed by atoms with van der Waals surface area (Å²) in [7, 11) is 0. The van der Waals surface area contributed by atoms with Gasteiger partial charge in [-0.2, -0.15) is 0 Å². The van der Waals surface area contributed by atoms with E-state index >= 15 is 0 Å². The number of benzene rings is 1. The Labute approximate surface area is 111 Å². The van der Waals surface area contributed by atoms with E-state index in [4.69, 9.17) is 5.73 Å². The molecule has 0 fully saturated rings. The molecule has 0 aliphatic rings. The number of rotatable bonds is 2. The van der Waals surface area contributed by atoms with Gasteiger partial charge in [0.1, 0.15) is 5.82 Å². The molecule has 0 spiro atoms. The first-order chi connectivity index (χ1) is 9.24. The lowest BCUT2D eigenvalue weighted by Gasteiger charge is -2.08. The number of imidazole rings is 1. The average Bonchev–Trinajstić information content (AvgIpc) is 2.88. The summed E-state index contributed by atoms with van der Waals surface area (Å²) in [4.78, 5) is 8.63. The second-order valence-corrected chi connectivity index (χ2v) is 4.40. The van der Waals surface area contributed by atoms with Crippen molar-refractivity contribution in [1.29, 1.82) is 0 Å². The summed E-state index contributed by atoms with van der Waals surface area (Å²) in [6, 6.07) is 11.7. The molecule has 4 nitrogen and oxygen atoms in total. The quantitative estimate of drug-likeness (QED) is 0.711. The molecule has 0 unspecified atom stereocenters. The summed E-state index contributed by atoms with van der Waals surface area (Å²) in [5.74, 6) is 0.873. The molecule has 94 valence electrons. The van der Waals surface area contributed by atoms with E-state index in [0.717, 1.165) is 28.5 Å². The minimum absolute atomic E-state index is 0.734. The van der Waals surface area contributed by atoms with E-state index in [1.54, 1.807) is 12.4 Å². The highest BCUT2D eigenvalue weighted by Crippen LogP contribution is 2.23. The molecule has 3 rings (SSSR count). The zero-order chi connectivity index (χ0) is 13.2. The van der Waals surface area contributed by atoms with Gasteiger partial charge in [-0.15, -0.1) is 0 Å². The number of aromatic nitrogens is 3. The SMILES string of the molecule is Cc1cc(-n2ccnc2-c2cccc(N)c2)ccn1. The normalized spacial score (nSPS) is 10.6. The van der Waals surface area contributed by atoms with E-state index in [2.05, 4.69) is 9.97 Å². The van der Waals surface area contributed by atoms with Gasteiger partial charge in [0.2, 0.25) is 0 Å². The molecule has 0 atom stereocenters. The van der Waals surface area contributed by atoms with Gasteiger partial charge in [-0.3, -0.25) is 9.55 Å². The predicted molar refractivity (Wildman–Crippen MR) is 75.9 cm³/mol. The van der Waals surface area contributed by atoms with Crippen molar-refractivity contribution < 1.29 is 0 Å². The number of pyridine rings is 1. The Morgan fingerprint density at radius 3 is 2.74 bits per heavy atom. The first-order valence-electron chi connectivity index (χ1n) is 6.06. The fourth-order valence-electron chi connectivity index (χ4n) is 2.08. The van der Waals surface area contributed by atoms with Crippen LogP contribution >= 0.6 is 0 Å². The van der Waals surface area contributed by atoms with E-state index in [-0.39, 0.29) is 0 Å². The Morgan fingerprint density at radius 1 is 1.05 bits per heavy atom. The first-order valence-corrected chi connectivity index (χ1v) is 6.06. The van der Waals surface area contributed by atoms with E-state index < -0.39 is 0 Å². The Morgan fingerprint density at radius 2 is 1.95 bits per heavy atom. The second-order valence-electron chi connectivity index (χ2n) is 4.40. The lowest BCUT2D eigenvalue weighted by molar-refractivity contribution is 1.04. The van der Waals surface area contributed by atoms with Crippen molar-refractivity contribution in [3.8, 4) is 17.1 Å². The maximum atomic E-state index is 5.83. The molecule has 0 saturated heterocycles. The van der Waals surface area contributed by atoms with Crippen molar-refractivity contribution >= 4 is 5.69 Å². The lowest BCUT2D eigenvalue weighted by atomic mass is 10.2. The third-order valence-electron chi connectivity index (χ3n) is 2.94. The average molecular weight is 250 g/mol. The van der Waals surface area contributed by atoms with Crippen LogP contribution in [-0.2, 0) is 0 Å². The minimum Gasteiger partial charge on any atom is -0.399 e. The van der Waals surface area contributed by atoms with Crippen LogP contribution in [0.25, 0.3) is 17.1 Å². The van der Waals surface area contributed by atoms with Crippen LogP contribution < -0.4 is 5.73 Å². The maximum absolute atomic E-state index is 5.83. The highest BCUT2D eigenvalue weighted by Gasteiger charge is 2.08. The standard InChI is InChI=1S/C15H14N4/c1-11-9-14(5-6-17-11)19-8-7-18-15(19)12-3-2-4-13(16)10-12/h2-10H,16H2,1H3. The minimum atomic E-state index is 0.734. The van der Waals surface area contributed by atoms with Crippen molar-refractivity contribution in [2.24, 2.45) is 0 Å². The third kappa shape index (κ3) is 2.20. The summed E-state index contributed by atoms with van der Waals surface area (Å²) in [6.45, 7) is 1.97. The van der Waals surface area contributed by atoms with Gasteiger partial charge in [0.15, 0.2) is 0 Å². The van der Waals surface area contributed by atoms with Crippen LogP contribution in [0.15, 0.2) is 55.0 Å². The van der Waals surface area contributed by atoms with Gasteiger partial charge < -0.3 is 5.73 Å². The van der Waals surface area contributed by atoms with Crippen LogP contribution in [0.3, 0.4) is 0 Å². The van der Waals surface area contributed by atoms with E-state index in [9.17, 15) is 0 Å². The molecule has 0 amide bonds. The molecule has 4 heteroatoms. The number of aryl methyl sites for hydroxylation is 1. The highest BCUT2D eigenvalue weighted by molar-refractivity contribution is 5.63. The molecule has 0 saturated carbocycles. The molecule has 2 heterocycles. The van der Waals surface area contributed by atoms with Crippen molar-refractivity contribution in [1.82, 2.24) is 14.5 Å². The summed E-state index contributed by atoms with van der Waals surface area (Å²) >= 11 is 0. The summed E-state index contributed by atoms with van der Waals surface area (Å²) in [6.07, 6.45) is 5.52. The third-order valence-corrected chi connectivity index (χ3v) is 2.94. The second kappa shape index (κ2) is 4.57. The maximum Gasteiger partial charge on any atom is 0.144 e. The predicted octanol–water partition coefficient (Wildman–Crippen LogP) is 2.82. The molecule has 0 aliphatic heterocycles. The molecule has 19 heavy (non-hydrogen) atoms. The lowest BCUT2D eigenvalue weighted by Crippen LogP contribution is -1.98. The van der Waals surface area contributed by atoms with Gasteiger partial charge in [-0.1, -0.05) is 12.1 Å². The number of nitrogen functional groups attached to an aromatic ring is 1. The van der Waals surface area contributed by atoms with Crippen molar-refractivity contribution in [3.63, 3.8) is 0 Å². The molecular weight excluding hydrogens is 236 g/mol. The number of anilines is 1. The van der Waals surface area contributed by atoms with E-state index in [0.29, 0.717) is 0 Å². The van der Waals surface area contributed by atoms with Crippen LogP contribution in [0.4, 0.5) is 5.69 Å². The van der Waals surface area contributed by atoms with Crippen molar-refractivity contribution in [2.75, 3.05) is 5.73 Å².